The first-order valence-electron chi connectivity index (χ1n) is 5.48. The lowest BCUT2D eigenvalue weighted by Gasteiger charge is -2.15. The van der Waals surface area contributed by atoms with Gasteiger partial charge in [-0.3, -0.25) is 0 Å². The fourth-order valence-corrected chi connectivity index (χ4v) is 1.30. The van der Waals surface area contributed by atoms with E-state index in [0.29, 0.717) is 6.04 Å². The van der Waals surface area contributed by atoms with E-state index in [1.807, 2.05) is 6.92 Å². The van der Waals surface area contributed by atoms with Gasteiger partial charge in [0.15, 0.2) is 0 Å². The Hall–Kier alpha value is -0.480. The summed E-state index contributed by atoms with van der Waals surface area (Å²) < 4.78 is 0. The van der Waals surface area contributed by atoms with E-state index in [4.69, 9.17) is 0 Å². The lowest BCUT2D eigenvalue weighted by Crippen LogP contribution is -2.29. The van der Waals surface area contributed by atoms with Gasteiger partial charge >= 0.3 is 0 Å². The van der Waals surface area contributed by atoms with Gasteiger partial charge in [-0.05, 0) is 26.3 Å². The van der Waals surface area contributed by atoms with Crippen molar-refractivity contribution >= 4 is 0 Å². The molecule has 0 aromatic heterocycles. The summed E-state index contributed by atoms with van der Waals surface area (Å²) in [6.45, 7) is 7.48. The zero-order valence-corrected chi connectivity index (χ0v) is 9.32. The molecule has 0 radical (unpaired) electrons. The highest BCUT2D eigenvalue weighted by molar-refractivity contribution is 4.98. The lowest BCUT2D eigenvalue weighted by atomic mass is 10.1. The van der Waals surface area contributed by atoms with E-state index in [0.717, 1.165) is 13.0 Å². The molecule has 0 rings (SSSR count). The zero-order valence-electron chi connectivity index (χ0n) is 9.32. The fourth-order valence-electron chi connectivity index (χ4n) is 1.30. The van der Waals surface area contributed by atoms with Crippen molar-refractivity contribution in [3.63, 3.8) is 0 Å². The molecule has 1 N–H and O–H groups in total. The van der Waals surface area contributed by atoms with Crippen LogP contribution in [0, 0.1) is 11.8 Å². The summed E-state index contributed by atoms with van der Waals surface area (Å²) >= 11 is 0. The third-order valence-corrected chi connectivity index (χ3v) is 2.11. The van der Waals surface area contributed by atoms with E-state index in [2.05, 4.69) is 31.0 Å². The highest BCUT2D eigenvalue weighted by atomic mass is 14.9. The van der Waals surface area contributed by atoms with Crippen LogP contribution in [0.2, 0.25) is 0 Å². The van der Waals surface area contributed by atoms with Gasteiger partial charge in [0.1, 0.15) is 0 Å². The van der Waals surface area contributed by atoms with Gasteiger partial charge in [0.25, 0.3) is 0 Å². The van der Waals surface area contributed by atoms with Gasteiger partial charge < -0.3 is 5.32 Å². The maximum absolute atomic E-state index is 3.54. The van der Waals surface area contributed by atoms with Crippen LogP contribution in [-0.2, 0) is 0 Å². The molecule has 0 amide bonds. The topological polar surface area (TPSA) is 12.0 Å². The molecule has 0 aliphatic carbocycles. The zero-order chi connectivity index (χ0) is 9.94. The molecule has 0 heterocycles. The van der Waals surface area contributed by atoms with Crippen molar-refractivity contribution in [2.24, 2.45) is 0 Å². The van der Waals surface area contributed by atoms with Crippen LogP contribution < -0.4 is 5.32 Å². The molecule has 1 heteroatoms. The van der Waals surface area contributed by atoms with Gasteiger partial charge in [-0.15, -0.1) is 11.8 Å². The first-order chi connectivity index (χ1) is 6.35. The molecule has 0 aromatic carbocycles. The monoisotopic (exact) mass is 181 g/mol. The van der Waals surface area contributed by atoms with Crippen LogP contribution in [0.4, 0.5) is 0 Å². The van der Waals surface area contributed by atoms with Crippen molar-refractivity contribution in [2.45, 2.75) is 58.9 Å². The molecule has 0 aromatic rings. The number of hydrogen-bond donors (Lipinski definition) is 1. The Labute approximate surface area is 83.3 Å². The van der Waals surface area contributed by atoms with Crippen LogP contribution in [0.3, 0.4) is 0 Å². The third-order valence-electron chi connectivity index (χ3n) is 2.11. The summed E-state index contributed by atoms with van der Waals surface area (Å²) in [6, 6.07) is 0.618. The van der Waals surface area contributed by atoms with Crippen molar-refractivity contribution in [3.8, 4) is 11.8 Å². The SMILES string of the molecule is CC#CCC(CCCC)NCCC. The van der Waals surface area contributed by atoms with E-state index >= 15 is 0 Å². The average molecular weight is 181 g/mol. The van der Waals surface area contributed by atoms with E-state index in [1.54, 1.807) is 0 Å². The number of unbranched alkanes of at least 4 members (excludes halogenated alkanes) is 1. The second-order valence-corrected chi connectivity index (χ2v) is 3.42. The Kier molecular flexibility index (Phi) is 9.25. The normalized spacial score (nSPS) is 11.9. The molecule has 1 atom stereocenters. The van der Waals surface area contributed by atoms with Crippen LogP contribution in [0.5, 0.6) is 0 Å². The quantitative estimate of drug-likeness (QED) is 0.595. The maximum atomic E-state index is 3.54. The third kappa shape index (κ3) is 7.87. The van der Waals surface area contributed by atoms with Gasteiger partial charge in [0, 0.05) is 12.5 Å². The predicted octanol–water partition coefficient (Wildman–Crippen LogP) is 2.96. The molecular formula is C12H23N. The molecule has 1 unspecified atom stereocenters. The van der Waals surface area contributed by atoms with Crippen molar-refractivity contribution < 1.29 is 0 Å². The van der Waals surface area contributed by atoms with E-state index in [9.17, 15) is 0 Å². The average Bonchev–Trinajstić information content (AvgIpc) is 2.17. The Morgan fingerprint density at radius 1 is 1.23 bits per heavy atom. The van der Waals surface area contributed by atoms with Gasteiger partial charge in [0.2, 0.25) is 0 Å². The standard InChI is InChI=1S/C12H23N/c1-4-7-9-12(10-8-5-2)13-11-6-3/h12-13H,4,6-7,9-11H2,1-3H3. The smallest absolute Gasteiger partial charge is 0.0243 e. The highest BCUT2D eigenvalue weighted by Gasteiger charge is 2.03. The summed E-state index contributed by atoms with van der Waals surface area (Å²) in [4.78, 5) is 0. The molecule has 76 valence electrons. The number of nitrogens with one attached hydrogen (secondary N) is 1. The summed E-state index contributed by atoms with van der Waals surface area (Å²) in [5, 5.41) is 3.54. The largest absolute Gasteiger partial charge is 0.313 e. The van der Waals surface area contributed by atoms with Crippen LogP contribution >= 0.6 is 0 Å². The van der Waals surface area contributed by atoms with Gasteiger partial charge in [-0.1, -0.05) is 26.7 Å². The summed E-state index contributed by atoms with van der Waals surface area (Å²) in [5.74, 6) is 6.11. The molecule has 0 saturated carbocycles. The molecule has 0 saturated heterocycles. The highest BCUT2D eigenvalue weighted by Crippen LogP contribution is 2.03. The second kappa shape index (κ2) is 9.61. The molecule has 13 heavy (non-hydrogen) atoms. The minimum atomic E-state index is 0.618. The van der Waals surface area contributed by atoms with Gasteiger partial charge in [-0.25, -0.2) is 0 Å². The Morgan fingerprint density at radius 2 is 2.00 bits per heavy atom. The molecule has 0 spiro atoms. The summed E-state index contributed by atoms with van der Waals surface area (Å²) in [5.41, 5.74) is 0. The van der Waals surface area contributed by atoms with Crippen molar-refractivity contribution in [2.75, 3.05) is 6.54 Å². The molecule has 0 aliphatic rings. The van der Waals surface area contributed by atoms with Crippen molar-refractivity contribution in [3.05, 3.63) is 0 Å². The first kappa shape index (κ1) is 12.5. The summed E-state index contributed by atoms with van der Waals surface area (Å²) in [6.07, 6.45) is 6.08. The predicted molar refractivity (Wildman–Crippen MR) is 59.7 cm³/mol. The van der Waals surface area contributed by atoms with Crippen molar-refractivity contribution in [1.29, 1.82) is 0 Å². The Balaban J connectivity index is 3.63. The van der Waals surface area contributed by atoms with E-state index in [-0.39, 0.29) is 0 Å². The lowest BCUT2D eigenvalue weighted by molar-refractivity contribution is 0.472. The second-order valence-electron chi connectivity index (χ2n) is 3.42. The molecule has 0 bridgehead atoms. The molecular weight excluding hydrogens is 158 g/mol. The first-order valence-corrected chi connectivity index (χ1v) is 5.48. The fraction of sp³-hybridized carbons (Fsp3) is 0.833. The summed E-state index contributed by atoms with van der Waals surface area (Å²) in [7, 11) is 0. The van der Waals surface area contributed by atoms with Crippen LogP contribution in [-0.4, -0.2) is 12.6 Å². The molecule has 1 nitrogen and oxygen atoms in total. The van der Waals surface area contributed by atoms with E-state index in [1.165, 1.54) is 25.7 Å². The number of rotatable bonds is 7. The van der Waals surface area contributed by atoms with Crippen LogP contribution in [0.1, 0.15) is 52.9 Å². The van der Waals surface area contributed by atoms with E-state index < -0.39 is 0 Å². The Bertz CT molecular complexity index is 144. The van der Waals surface area contributed by atoms with Gasteiger partial charge in [-0.2, -0.15) is 0 Å². The molecule has 0 fully saturated rings. The van der Waals surface area contributed by atoms with Gasteiger partial charge in [0.05, 0.1) is 0 Å². The maximum Gasteiger partial charge on any atom is 0.0243 e. The number of hydrogen-bond acceptors (Lipinski definition) is 1. The molecule has 0 aliphatic heterocycles. The minimum Gasteiger partial charge on any atom is -0.313 e. The Morgan fingerprint density at radius 3 is 2.54 bits per heavy atom. The van der Waals surface area contributed by atoms with Crippen molar-refractivity contribution in [1.82, 2.24) is 5.32 Å². The van der Waals surface area contributed by atoms with Crippen LogP contribution in [0.15, 0.2) is 0 Å². The minimum absolute atomic E-state index is 0.618. The van der Waals surface area contributed by atoms with Crippen LogP contribution in [0.25, 0.3) is 0 Å².